The Labute approximate surface area is 169 Å². The van der Waals surface area contributed by atoms with Gasteiger partial charge in [-0.3, -0.25) is 14.2 Å². The van der Waals surface area contributed by atoms with E-state index < -0.39 is 5.91 Å². The Hall–Kier alpha value is -2.35. The Morgan fingerprint density at radius 3 is 2.79 bits per heavy atom. The number of aromatic nitrogens is 3. The zero-order chi connectivity index (χ0) is 20.1. The van der Waals surface area contributed by atoms with Crippen LogP contribution in [0.1, 0.15) is 38.2 Å². The van der Waals surface area contributed by atoms with Gasteiger partial charge < -0.3 is 11.1 Å². The van der Waals surface area contributed by atoms with E-state index in [0.717, 1.165) is 30.4 Å². The Morgan fingerprint density at radius 1 is 1.29 bits per heavy atom. The van der Waals surface area contributed by atoms with E-state index in [1.165, 1.54) is 18.2 Å². The number of hydrogen-bond acceptors (Lipinski definition) is 5. The number of primary amides is 1. The molecule has 1 fully saturated rings. The number of carbonyl (C=O) groups is 2. The van der Waals surface area contributed by atoms with Crippen molar-refractivity contribution in [2.45, 2.75) is 57.3 Å². The number of nitrogens with one attached hydrogen (secondary N) is 1. The number of nitrogens with two attached hydrogens (primary N) is 1. The molecule has 150 valence electrons. The van der Waals surface area contributed by atoms with Gasteiger partial charge in [-0.2, -0.15) is 0 Å². The first-order chi connectivity index (χ1) is 13.4. The summed E-state index contributed by atoms with van der Waals surface area (Å²) in [6, 6.07) is 8.06. The smallest absolute Gasteiger partial charge is 0.237 e. The molecule has 2 amide bonds. The van der Waals surface area contributed by atoms with Gasteiger partial charge in [-0.05, 0) is 31.7 Å². The molecule has 0 radical (unpaired) electrons. The van der Waals surface area contributed by atoms with E-state index in [-0.39, 0.29) is 24.2 Å². The van der Waals surface area contributed by atoms with Gasteiger partial charge >= 0.3 is 0 Å². The second-order valence-electron chi connectivity index (χ2n) is 7.45. The van der Waals surface area contributed by atoms with Crippen molar-refractivity contribution in [1.82, 2.24) is 20.1 Å². The molecule has 1 aromatic carbocycles. The van der Waals surface area contributed by atoms with Gasteiger partial charge in [0.1, 0.15) is 6.54 Å². The van der Waals surface area contributed by atoms with Gasteiger partial charge in [0.15, 0.2) is 11.0 Å². The maximum atomic E-state index is 12.4. The summed E-state index contributed by atoms with van der Waals surface area (Å²) in [5, 5.41) is 12.1. The number of aryl methyl sites for hydroxylation is 1. The fourth-order valence-electron chi connectivity index (χ4n) is 3.60. The first kappa shape index (κ1) is 20.4. The maximum absolute atomic E-state index is 12.4. The molecule has 0 saturated heterocycles. The van der Waals surface area contributed by atoms with Crippen LogP contribution in [-0.4, -0.2) is 38.4 Å². The number of thioether (sulfide) groups is 1. The lowest BCUT2D eigenvalue weighted by atomic mass is 9.86. The van der Waals surface area contributed by atoms with Crippen LogP contribution < -0.4 is 11.1 Å². The molecule has 1 aromatic heterocycles. The summed E-state index contributed by atoms with van der Waals surface area (Å²) in [7, 11) is 0. The second-order valence-corrected chi connectivity index (χ2v) is 8.40. The van der Waals surface area contributed by atoms with Gasteiger partial charge in [0.05, 0.1) is 5.75 Å². The van der Waals surface area contributed by atoms with Crippen LogP contribution in [0.5, 0.6) is 0 Å². The minimum Gasteiger partial charge on any atom is -0.368 e. The third-order valence-corrected chi connectivity index (χ3v) is 6.06. The third kappa shape index (κ3) is 5.13. The molecule has 1 aliphatic rings. The predicted molar refractivity (Wildman–Crippen MR) is 110 cm³/mol. The van der Waals surface area contributed by atoms with Crippen LogP contribution in [0.15, 0.2) is 29.4 Å². The van der Waals surface area contributed by atoms with Crippen LogP contribution in [0.4, 0.5) is 0 Å². The van der Waals surface area contributed by atoms with Gasteiger partial charge in [-0.1, -0.05) is 55.3 Å². The molecule has 8 heteroatoms. The summed E-state index contributed by atoms with van der Waals surface area (Å²) in [4.78, 5) is 24.0. The zero-order valence-corrected chi connectivity index (χ0v) is 17.2. The van der Waals surface area contributed by atoms with Gasteiger partial charge in [0.25, 0.3) is 0 Å². The zero-order valence-electron chi connectivity index (χ0n) is 16.4. The summed E-state index contributed by atoms with van der Waals surface area (Å²) in [6.45, 7) is 4.15. The monoisotopic (exact) mass is 401 g/mol. The summed E-state index contributed by atoms with van der Waals surface area (Å²) in [5.74, 6) is 0.819. The van der Waals surface area contributed by atoms with Crippen LogP contribution in [-0.2, 0) is 16.1 Å². The predicted octanol–water partition coefficient (Wildman–Crippen LogP) is 2.53. The Balaban J connectivity index is 1.71. The molecule has 2 aromatic rings. The van der Waals surface area contributed by atoms with Crippen molar-refractivity contribution < 1.29 is 9.59 Å². The van der Waals surface area contributed by atoms with Crippen LogP contribution in [0.3, 0.4) is 0 Å². The highest BCUT2D eigenvalue weighted by Crippen LogP contribution is 2.26. The largest absolute Gasteiger partial charge is 0.368 e. The van der Waals surface area contributed by atoms with E-state index in [2.05, 4.69) is 22.4 Å². The van der Waals surface area contributed by atoms with Crippen LogP contribution in [0.25, 0.3) is 11.4 Å². The average Bonchev–Trinajstić information content (AvgIpc) is 3.04. The maximum Gasteiger partial charge on any atom is 0.237 e. The van der Waals surface area contributed by atoms with Crippen LogP contribution in [0, 0.1) is 12.8 Å². The standard InChI is InChI=1S/C20H27N5O2S/c1-13-6-5-8-15(10-13)19-23-24-20(25(19)11-17(21)26)28-12-18(27)22-16-9-4-3-7-14(16)2/h5-6,8,10,14,16H,3-4,7,9,11-12H2,1-2H3,(H2,21,26)(H,22,27)/t14-,16-/m1/s1. The summed E-state index contributed by atoms with van der Waals surface area (Å²) in [6.07, 6.45) is 4.59. The highest BCUT2D eigenvalue weighted by atomic mass is 32.2. The molecular formula is C20H27N5O2S. The number of amides is 2. The van der Waals surface area contributed by atoms with Crippen molar-refractivity contribution in [1.29, 1.82) is 0 Å². The Bertz CT molecular complexity index is 851. The van der Waals surface area contributed by atoms with E-state index >= 15 is 0 Å². The first-order valence-corrected chi connectivity index (χ1v) is 10.6. The highest BCUT2D eigenvalue weighted by Gasteiger charge is 2.23. The molecule has 28 heavy (non-hydrogen) atoms. The topological polar surface area (TPSA) is 103 Å². The number of carbonyl (C=O) groups excluding carboxylic acids is 2. The molecule has 0 unspecified atom stereocenters. The molecule has 1 heterocycles. The molecule has 1 saturated carbocycles. The number of benzene rings is 1. The molecule has 2 atom stereocenters. The van der Waals surface area contributed by atoms with Crippen LogP contribution >= 0.6 is 11.8 Å². The van der Waals surface area contributed by atoms with Gasteiger partial charge in [0.2, 0.25) is 11.8 Å². The molecule has 3 rings (SSSR count). The SMILES string of the molecule is Cc1cccc(-c2nnc(SCC(=O)N[C@@H]3CCCC[C@H]3C)n2CC(N)=O)c1. The molecule has 3 N–H and O–H groups in total. The molecule has 7 nitrogen and oxygen atoms in total. The van der Waals surface area contributed by atoms with E-state index in [9.17, 15) is 9.59 Å². The van der Waals surface area contributed by atoms with E-state index in [4.69, 9.17) is 5.73 Å². The van der Waals surface area contributed by atoms with Gasteiger partial charge in [-0.25, -0.2) is 0 Å². The molecule has 0 spiro atoms. The summed E-state index contributed by atoms with van der Waals surface area (Å²) >= 11 is 1.28. The number of rotatable bonds is 7. The quantitative estimate of drug-likeness (QED) is 0.694. The summed E-state index contributed by atoms with van der Waals surface area (Å²) in [5.41, 5.74) is 7.37. The summed E-state index contributed by atoms with van der Waals surface area (Å²) < 4.78 is 1.68. The lowest BCUT2D eigenvalue weighted by Crippen LogP contribution is -2.41. The molecule has 0 bridgehead atoms. The number of nitrogens with zero attached hydrogens (tertiary/aromatic N) is 3. The number of hydrogen-bond donors (Lipinski definition) is 2. The van der Waals surface area contributed by atoms with Crippen molar-refractivity contribution in [3.63, 3.8) is 0 Å². The lowest BCUT2D eigenvalue weighted by molar-refractivity contribution is -0.120. The van der Waals surface area contributed by atoms with Gasteiger partial charge in [-0.15, -0.1) is 10.2 Å². The van der Waals surface area contributed by atoms with E-state index in [1.54, 1.807) is 4.57 Å². The molecule has 1 aliphatic carbocycles. The fraction of sp³-hybridized carbons (Fsp3) is 0.500. The van der Waals surface area contributed by atoms with Gasteiger partial charge in [0, 0.05) is 11.6 Å². The Kier molecular flexibility index (Phi) is 6.72. The molecular weight excluding hydrogens is 374 g/mol. The second kappa shape index (κ2) is 9.23. The van der Waals surface area contributed by atoms with Crippen molar-refractivity contribution in [2.75, 3.05) is 5.75 Å². The van der Waals surface area contributed by atoms with E-state index in [1.807, 2.05) is 31.2 Å². The lowest BCUT2D eigenvalue weighted by Gasteiger charge is -2.29. The Morgan fingerprint density at radius 2 is 2.07 bits per heavy atom. The first-order valence-electron chi connectivity index (χ1n) is 9.64. The van der Waals surface area contributed by atoms with Crippen molar-refractivity contribution >= 4 is 23.6 Å². The van der Waals surface area contributed by atoms with Crippen molar-refractivity contribution in [2.24, 2.45) is 11.7 Å². The van der Waals surface area contributed by atoms with Crippen molar-refractivity contribution in [3.05, 3.63) is 29.8 Å². The molecule has 0 aliphatic heterocycles. The minimum atomic E-state index is -0.476. The fourth-order valence-corrected chi connectivity index (χ4v) is 4.35. The van der Waals surface area contributed by atoms with E-state index in [0.29, 0.717) is 16.9 Å². The average molecular weight is 402 g/mol. The normalized spacial score (nSPS) is 19.4. The van der Waals surface area contributed by atoms with Crippen LogP contribution in [0.2, 0.25) is 0 Å². The van der Waals surface area contributed by atoms with Crippen molar-refractivity contribution in [3.8, 4) is 11.4 Å². The highest BCUT2D eigenvalue weighted by molar-refractivity contribution is 7.99. The third-order valence-electron chi connectivity index (χ3n) is 5.10. The minimum absolute atomic E-state index is 0.0190.